The van der Waals surface area contributed by atoms with Gasteiger partial charge in [0.2, 0.25) is 0 Å². The molecule has 1 aliphatic carbocycles. The third-order valence-electron chi connectivity index (χ3n) is 3.20. The topological polar surface area (TPSA) is 22.0 Å². The molecule has 3 heteroatoms. The van der Waals surface area contributed by atoms with E-state index in [0.29, 0.717) is 6.42 Å². The molecule has 0 saturated heterocycles. The molecule has 86 valence electrons. The predicted octanol–water partition coefficient (Wildman–Crippen LogP) is 3.14. The summed E-state index contributed by atoms with van der Waals surface area (Å²) in [6.45, 7) is 0. The molecule has 0 atom stereocenters. The highest BCUT2D eigenvalue weighted by atomic mass is 19.1. The number of fused-ring (bicyclic) bond motifs is 1. The van der Waals surface area contributed by atoms with Crippen molar-refractivity contribution in [3.05, 3.63) is 53.6 Å². The fraction of sp³-hybridized carbons (Fsp3) is 0.214. The molecule has 1 heterocycles. The second-order valence-corrected chi connectivity index (χ2v) is 4.30. The van der Waals surface area contributed by atoms with Gasteiger partial charge in [-0.3, -0.25) is 4.79 Å². The Hall–Kier alpha value is -1.90. The number of hydrogen-bond donors (Lipinski definition) is 0. The molecule has 3 rings (SSSR count). The van der Waals surface area contributed by atoms with Crippen LogP contribution in [-0.2, 0) is 6.42 Å². The monoisotopic (exact) mass is 229 g/mol. The van der Waals surface area contributed by atoms with Crippen LogP contribution in [0.2, 0.25) is 0 Å². The van der Waals surface area contributed by atoms with Crippen molar-refractivity contribution < 1.29 is 9.18 Å². The third kappa shape index (κ3) is 1.68. The van der Waals surface area contributed by atoms with E-state index in [1.807, 2.05) is 22.9 Å². The van der Waals surface area contributed by atoms with Crippen LogP contribution >= 0.6 is 0 Å². The van der Waals surface area contributed by atoms with E-state index in [2.05, 4.69) is 0 Å². The summed E-state index contributed by atoms with van der Waals surface area (Å²) in [6.07, 6.45) is 4.23. The second kappa shape index (κ2) is 3.84. The Balaban J connectivity index is 2.13. The van der Waals surface area contributed by atoms with E-state index in [1.165, 1.54) is 12.1 Å². The quantitative estimate of drug-likeness (QED) is 0.736. The van der Waals surface area contributed by atoms with Crippen molar-refractivity contribution in [2.75, 3.05) is 0 Å². The summed E-state index contributed by atoms with van der Waals surface area (Å²) in [7, 11) is 0. The van der Waals surface area contributed by atoms with E-state index in [9.17, 15) is 9.18 Å². The molecule has 0 spiro atoms. The molecule has 2 aromatic rings. The minimum absolute atomic E-state index is 0.196. The minimum atomic E-state index is -0.257. The maximum Gasteiger partial charge on any atom is 0.164 e. The van der Waals surface area contributed by atoms with Gasteiger partial charge in [-0.05, 0) is 37.1 Å². The van der Waals surface area contributed by atoms with Crippen molar-refractivity contribution in [3.8, 4) is 5.69 Å². The molecular weight excluding hydrogens is 217 g/mol. The molecule has 0 amide bonds. The number of benzene rings is 1. The zero-order chi connectivity index (χ0) is 11.8. The summed E-state index contributed by atoms with van der Waals surface area (Å²) < 4.78 is 15.1. The molecule has 2 nitrogen and oxygen atoms in total. The van der Waals surface area contributed by atoms with Crippen LogP contribution < -0.4 is 0 Å². The van der Waals surface area contributed by atoms with Crippen molar-refractivity contribution in [3.63, 3.8) is 0 Å². The Kier molecular flexibility index (Phi) is 2.32. The van der Waals surface area contributed by atoms with Crippen LogP contribution in [0, 0.1) is 5.82 Å². The zero-order valence-corrected chi connectivity index (χ0v) is 9.32. The van der Waals surface area contributed by atoms with Gasteiger partial charge in [0.05, 0.1) is 0 Å². The van der Waals surface area contributed by atoms with Crippen LogP contribution in [-0.4, -0.2) is 10.4 Å². The van der Waals surface area contributed by atoms with E-state index in [0.717, 1.165) is 29.8 Å². The first-order chi connectivity index (χ1) is 8.25. The van der Waals surface area contributed by atoms with Gasteiger partial charge in [0, 0.05) is 29.6 Å². The number of halogens is 1. The van der Waals surface area contributed by atoms with E-state index in [4.69, 9.17) is 0 Å². The van der Waals surface area contributed by atoms with Crippen LogP contribution in [0.5, 0.6) is 0 Å². The van der Waals surface area contributed by atoms with E-state index in [1.54, 1.807) is 6.07 Å². The molecule has 0 unspecified atom stereocenters. The number of aromatic nitrogens is 1. The number of ketones is 1. The van der Waals surface area contributed by atoms with Gasteiger partial charge >= 0.3 is 0 Å². The van der Waals surface area contributed by atoms with Gasteiger partial charge in [-0.25, -0.2) is 4.39 Å². The zero-order valence-electron chi connectivity index (χ0n) is 9.32. The van der Waals surface area contributed by atoms with Crippen LogP contribution in [0.1, 0.15) is 28.9 Å². The molecule has 17 heavy (non-hydrogen) atoms. The number of carbonyl (C=O) groups is 1. The number of nitrogens with zero attached hydrogens (tertiary/aromatic N) is 1. The fourth-order valence-electron chi connectivity index (χ4n) is 2.39. The molecular formula is C14H12FNO. The molecule has 1 aromatic carbocycles. The smallest absolute Gasteiger partial charge is 0.164 e. The maximum atomic E-state index is 13.2. The molecule has 0 bridgehead atoms. The number of rotatable bonds is 1. The number of Topliss-reactive ketones (excluding diaryl/α,β-unsaturated/α-hetero) is 1. The van der Waals surface area contributed by atoms with Crippen molar-refractivity contribution in [1.82, 2.24) is 4.57 Å². The Morgan fingerprint density at radius 3 is 2.88 bits per heavy atom. The third-order valence-corrected chi connectivity index (χ3v) is 3.20. The molecule has 0 fully saturated rings. The molecule has 0 saturated carbocycles. The highest BCUT2D eigenvalue weighted by Gasteiger charge is 2.20. The van der Waals surface area contributed by atoms with Gasteiger partial charge in [-0.1, -0.05) is 6.07 Å². The first-order valence-corrected chi connectivity index (χ1v) is 5.75. The molecule has 0 N–H and O–H groups in total. The SMILES string of the molecule is O=C1CCCc2c1ccn2-c1cccc(F)c1. The summed E-state index contributed by atoms with van der Waals surface area (Å²) in [5, 5.41) is 0. The van der Waals surface area contributed by atoms with Crippen molar-refractivity contribution >= 4 is 5.78 Å². The van der Waals surface area contributed by atoms with Crippen LogP contribution in [0.25, 0.3) is 5.69 Å². The largest absolute Gasteiger partial charge is 0.320 e. The molecule has 0 radical (unpaired) electrons. The van der Waals surface area contributed by atoms with E-state index >= 15 is 0 Å². The number of hydrogen-bond acceptors (Lipinski definition) is 1. The number of carbonyl (C=O) groups excluding carboxylic acids is 1. The van der Waals surface area contributed by atoms with Gasteiger partial charge < -0.3 is 4.57 Å². The lowest BCUT2D eigenvalue weighted by atomic mass is 9.97. The van der Waals surface area contributed by atoms with Crippen LogP contribution in [0.4, 0.5) is 4.39 Å². The average Bonchev–Trinajstić information content (AvgIpc) is 2.74. The van der Waals surface area contributed by atoms with Crippen LogP contribution in [0.15, 0.2) is 36.5 Å². The summed E-state index contributed by atoms with van der Waals surface area (Å²) >= 11 is 0. The lowest BCUT2D eigenvalue weighted by Gasteiger charge is -2.14. The van der Waals surface area contributed by atoms with E-state index < -0.39 is 0 Å². The lowest BCUT2D eigenvalue weighted by Crippen LogP contribution is -2.12. The Morgan fingerprint density at radius 1 is 1.18 bits per heavy atom. The highest BCUT2D eigenvalue weighted by Crippen LogP contribution is 2.25. The van der Waals surface area contributed by atoms with Crippen molar-refractivity contribution in [2.24, 2.45) is 0 Å². The molecule has 1 aliphatic rings. The van der Waals surface area contributed by atoms with Gasteiger partial charge in [-0.2, -0.15) is 0 Å². The Labute approximate surface area is 98.7 Å². The second-order valence-electron chi connectivity index (χ2n) is 4.30. The minimum Gasteiger partial charge on any atom is -0.320 e. The normalized spacial score (nSPS) is 14.8. The van der Waals surface area contributed by atoms with Gasteiger partial charge in [0.1, 0.15) is 5.82 Å². The summed E-state index contributed by atoms with van der Waals surface area (Å²) in [4.78, 5) is 11.7. The van der Waals surface area contributed by atoms with Gasteiger partial charge in [-0.15, -0.1) is 0 Å². The van der Waals surface area contributed by atoms with Crippen LogP contribution in [0.3, 0.4) is 0 Å². The summed E-state index contributed by atoms with van der Waals surface area (Å²) in [5.74, 6) is -0.0616. The summed E-state index contributed by atoms with van der Waals surface area (Å²) in [5.41, 5.74) is 2.58. The Bertz CT molecular complexity index is 586. The average molecular weight is 229 g/mol. The standard InChI is InChI=1S/C14H12FNO/c15-10-3-1-4-11(9-10)16-8-7-12-13(16)5-2-6-14(12)17/h1,3-4,7-9H,2,5-6H2. The molecule has 0 aliphatic heterocycles. The fourth-order valence-corrected chi connectivity index (χ4v) is 2.39. The van der Waals surface area contributed by atoms with Gasteiger partial charge in [0.25, 0.3) is 0 Å². The molecule has 1 aromatic heterocycles. The summed E-state index contributed by atoms with van der Waals surface area (Å²) in [6, 6.07) is 8.27. The maximum absolute atomic E-state index is 13.2. The van der Waals surface area contributed by atoms with Crippen molar-refractivity contribution in [1.29, 1.82) is 0 Å². The lowest BCUT2D eigenvalue weighted by molar-refractivity contribution is 0.0972. The predicted molar refractivity (Wildman–Crippen MR) is 63.0 cm³/mol. The van der Waals surface area contributed by atoms with E-state index in [-0.39, 0.29) is 11.6 Å². The highest BCUT2D eigenvalue weighted by molar-refractivity contribution is 5.98. The van der Waals surface area contributed by atoms with Gasteiger partial charge in [0.15, 0.2) is 5.78 Å². The van der Waals surface area contributed by atoms with Crippen molar-refractivity contribution in [2.45, 2.75) is 19.3 Å². The Morgan fingerprint density at radius 2 is 2.06 bits per heavy atom. The first-order valence-electron chi connectivity index (χ1n) is 5.75. The first kappa shape index (κ1) is 10.3.